The van der Waals surface area contributed by atoms with E-state index in [1.165, 1.54) is 19.5 Å². The largest absolute Gasteiger partial charge is 0.481 e. The van der Waals surface area contributed by atoms with Crippen molar-refractivity contribution in [2.45, 2.75) is 6.18 Å². The van der Waals surface area contributed by atoms with Crippen LogP contribution in [0.2, 0.25) is 0 Å². The van der Waals surface area contributed by atoms with Gasteiger partial charge >= 0.3 is 6.18 Å². The zero-order valence-corrected chi connectivity index (χ0v) is 14.3. The number of rotatable bonds is 3. The van der Waals surface area contributed by atoms with Gasteiger partial charge in [-0.25, -0.2) is 9.97 Å². The summed E-state index contributed by atoms with van der Waals surface area (Å²) in [7, 11) is 1.53. The Kier molecular flexibility index (Phi) is 4.16. The molecule has 0 radical (unpaired) electrons. The van der Waals surface area contributed by atoms with Crippen LogP contribution in [0.15, 0.2) is 24.5 Å². The molecule has 0 saturated carbocycles. The molecule has 9 nitrogen and oxygen atoms in total. The van der Waals surface area contributed by atoms with Gasteiger partial charge in [-0.15, -0.1) is 15.3 Å². The van der Waals surface area contributed by atoms with E-state index in [-0.39, 0.29) is 5.65 Å². The minimum atomic E-state index is -4.62. The fraction of sp³-hybridized carbons (Fsp3) is 0.400. The molecule has 27 heavy (non-hydrogen) atoms. The quantitative estimate of drug-likeness (QED) is 0.672. The summed E-state index contributed by atoms with van der Waals surface area (Å²) in [5.74, 6) is 0.517. The van der Waals surface area contributed by atoms with Crippen LogP contribution in [0, 0.1) is 0 Å². The van der Waals surface area contributed by atoms with Gasteiger partial charge in [-0.3, -0.25) is 0 Å². The zero-order valence-electron chi connectivity index (χ0n) is 14.3. The van der Waals surface area contributed by atoms with Gasteiger partial charge in [0.15, 0.2) is 5.65 Å². The fourth-order valence-electron chi connectivity index (χ4n) is 2.90. The van der Waals surface area contributed by atoms with Crippen molar-refractivity contribution in [2.75, 3.05) is 43.1 Å². The minimum Gasteiger partial charge on any atom is -0.481 e. The van der Waals surface area contributed by atoms with E-state index in [4.69, 9.17) is 4.74 Å². The molecule has 3 aromatic rings. The van der Waals surface area contributed by atoms with Crippen LogP contribution < -0.4 is 14.5 Å². The van der Waals surface area contributed by atoms with Crippen LogP contribution in [0.1, 0.15) is 5.82 Å². The van der Waals surface area contributed by atoms with E-state index in [0.29, 0.717) is 37.9 Å². The number of hydrogen-bond donors (Lipinski definition) is 0. The maximum Gasteiger partial charge on any atom is 0.453 e. The first-order chi connectivity index (χ1) is 13.0. The van der Waals surface area contributed by atoms with Gasteiger partial charge < -0.3 is 14.5 Å². The van der Waals surface area contributed by atoms with Crippen LogP contribution in [-0.4, -0.2) is 63.1 Å². The number of hydrogen-bond acceptors (Lipinski definition) is 8. The van der Waals surface area contributed by atoms with Crippen molar-refractivity contribution < 1.29 is 17.9 Å². The summed E-state index contributed by atoms with van der Waals surface area (Å²) >= 11 is 0. The third-order valence-corrected chi connectivity index (χ3v) is 4.27. The summed E-state index contributed by atoms with van der Waals surface area (Å²) in [5, 5.41) is 10.8. The van der Waals surface area contributed by atoms with Gasteiger partial charge in [0.1, 0.15) is 18.0 Å². The highest BCUT2D eigenvalue weighted by molar-refractivity contribution is 5.48. The van der Waals surface area contributed by atoms with Crippen LogP contribution >= 0.6 is 0 Å². The van der Waals surface area contributed by atoms with E-state index in [1.54, 1.807) is 12.1 Å². The van der Waals surface area contributed by atoms with Gasteiger partial charge in [0, 0.05) is 32.2 Å². The Morgan fingerprint density at radius 3 is 2.33 bits per heavy atom. The molecular formula is C15H15F3N8O. The lowest BCUT2D eigenvalue weighted by molar-refractivity contribution is -0.146. The van der Waals surface area contributed by atoms with Gasteiger partial charge in [0.2, 0.25) is 5.88 Å². The van der Waals surface area contributed by atoms with Crippen molar-refractivity contribution in [2.24, 2.45) is 0 Å². The SMILES string of the molecule is COc1cc(N2CCN(c3ccc4nnc(C(F)(F)F)n4n3)CC2)ncn1. The summed E-state index contributed by atoms with van der Waals surface area (Å²) in [6.45, 7) is 2.42. The predicted molar refractivity (Wildman–Crippen MR) is 88.8 cm³/mol. The summed E-state index contributed by atoms with van der Waals surface area (Å²) in [6, 6.07) is 4.87. The standard InChI is InChI=1S/C15H15F3N8O/c1-27-13-8-12(19-9-20-13)25-6-4-24(5-7-25)11-3-2-10-21-22-14(15(16,17)18)26(10)23-11/h2-3,8-9H,4-7H2,1H3. The monoisotopic (exact) mass is 380 g/mol. The lowest BCUT2D eigenvalue weighted by Crippen LogP contribution is -2.47. The molecule has 0 atom stereocenters. The molecule has 4 rings (SSSR count). The number of alkyl halides is 3. The van der Waals surface area contributed by atoms with Crippen LogP contribution in [0.5, 0.6) is 5.88 Å². The second-order valence-corrected chi connectivity index (χ2v) is 5.88. The molecule has 4 heterocycles. The lowest BCUT2D eigenvalue weighted by atomic mass is 10.3. The Labute approximate surface area is 151 Å². The number of anilines is 2. The van der Waals surface area contributed by atoms with E-state index < -0.39 is 12.0 Å². The van der Waals surface area contributed by atoms with Gasteiger partial charge in [-0.05, 0) is 12.1 Å². The molecule has 1 fully saturated rings. The topological polar surface area (TPSA) is 84.6 Å². The molecular weight excluding hydrogens is 365 g/mol. The Morgan fingerprint density at radius 1 is 0.963 bits per heavy atom. The Balaban J connectivity index is 1.52. The van der Waals surface area contributed by atoms with E-state index in [1.807, 2.05) is 4.90 Å². The van der Waals surface area contributed by atoms with Crippen LogP contribution in [0.3, 0.4) is 0 Å². The van der Waals surface area contributed by atoms with E-state index in [0.717, 1.165) is 10.3 Å². The van der Waals surface area contributed by atoms with Crippen LogP contribution in [-0.2, 0) is 6.18 Å². The number of ether oxygens (including phenoxy) is 1. The predicted octanol–water partition coefficient (Wildman–Crippen LogP) is 1.27. The highest BCUT2D eigenvalue weighted by Gasteiger charge is 2.37. The molecule has 0 aliphatic carbocycles. The van der Waals surface area contributed by atoms with Crippen LogP contribution in [0.25, 0.3) is 5.65 Å². The molecule has 0 N–H and O–H groups in total. The summed E-state index contributed by atoms with van der Waals surface area (Å²) in [5.41, 5.74) is 0.0535. The second kappa shape index (κ2) is 6.52. The van der Waals surface area contributed by atoms with E-state index in [9.17, 15) is 13.2 Å². The zero-order chi connectivity index (χ0) is 19.0. The highest BCUT2D eigenvalue weighted by atomic mass is 19.4. The average Bonchev–Trinajstić information content (AvgIpc) is 3.12. The highest BCUT2D eigenvalue weighted by Crippen LogP contribution is 2.28. The second-order valence-electron chi connectivity index (χ2n) is 5.88. The number of piperazine rings is 1. The fourth-order valence-corrected chi connectivity index (χ4v) is 2.90. The molecule has 0 aromatic carbocycles. The maximum absolute atomic E-state index is 13.0. The summed E-state index contributed by atoms with van der Waals surface area (Å²) in [4.78, 5) is 12.2. The molecule has 1 aliphatic heterocycles. The Hall–Kier alpha value is -3.18. The number of aromatic nitrogens is 6. The minimum absolute atomic E-state index is 0.0535. The van der Waals surface area contributed by atoms with E-state index in [2.05, 4.69) is 30.2 Å². The number of fused-ring (bicyclic) bond motifs is 1. The van der Waals surface area contributed by atoms with Crippen molar-refractivity contribution in [1.82, 2.24) is 29.8 Å². The van der Waals surface area contributed by atoms with E-state index >= 15 is 0 Å². The Morgan fingerprint density at radius 2 is 1.67 bits per heavy atom. The molecule has 1 saturated heterocycles. The Bertz CT molecular complexity index is 952. The molecule has 3 aromatic heterocycles. The molecule has 1 aliphatic rings. The van der Waals surface area contributed by atoms with Crippen LogP contribution in [0.4, 0.5) is 24.8 Å². The number of nitrogens with zero attached hydrogens (tertiary/aromatic N) is 8. The summed E-state index contributed by atoms with van der Waals surface area (Å²) in [6.07, 6.45) is -3.18. The van der Waals surface area contributed by atoms with Gasteiger partial charge in [0.25, 0.3) is 5.82 Å². The van der Waals surface area contributed by atoms with Crippen molar-refractivity contribution in [3.63, 3.8) is 0 Å². The maximum atomic E-state index is 13.0. The first kappa shape index (κ1) is 17.2. The van der Waals surface area contributed by atoms with Gasteiger partial charge in [0.05, 0.1) is 7.11 Å². The van der Waals surface area contributed by atoms with Crippen molar-refractivity contribution in [1.29, 1.82) is 0 Å². The lowest BCUT2D eigenvalue weighted by Gasteiger charge is -2.35. The molecule has 0 amide bonds. The normalized spacial score (nSPS) is 15.4. The molecule has 0 spiro atoms. The number of methoxy groups -OCH3 is 1. The summed E-state index contributed by atoms with van der Waals surface area (Å²) < 4.78 is 44.9. The third kappa shape index (κ3) is 3.29. The van der Waals surface area contributed by atoms with Crippen molar-refractivity contribution in [3.8, 4) is 5.88 Å². The van der Waals surface area contributed by atoms with Gasteiger partial charge in [-0.2, -0.15) is 17.7 Å². The average molecular weight is 380 g/mol. The molecule has 12 heteroatoms. The first-order valence-electron chi connectivity index (χ1n) is 8.11. The van der Waals surface area contributed by atoms with Crippen molar-refractivity contribution >= 4 is 17.3 Å². The molecule has 142 valence electrons. The van der Waals surface area contributed by atoms with Crippen molar-refractivity contribution in [3.05, 3.63) is 30.4 Å². The first-order valence-corrected chi connectivity index (χ1v) is 8.11. The smallest absolute Gasteiger partial charge is 0.453 e. The molecule has 0 bridgehead atoms. The number of halogens is 3. The van der Waals surface area contributed by atoms with Gasteiger partial charge in [-0.1, -0.05) is 0 Å². The third-order valence-electron chi connectivity index (χ3n) is 4.27. The molecule has 0 unspecified atom stereocenters.